The quantitative estimate of drug-likeness (QED) is 0.561. The van der Waals surface area contributed by atoms with Crippen LogP contribution in [-0.2, 0) is 21.1 Å². The number of piperidine rings is 1. The summed E-state index contributed by atoms with van der Waals surface area (Å²) < 4.78 is 43.8. The minimum Gasteiger partial charge on any atom is -0.347 e. The highest BCUT2D eigenvalue weighted by molar-refractivity contribution is 7.92. The monoisotopic (exact) mass is 508 g/mol. The molecule has 0 radical (unpaired) electrons. The molecule has 1 amide bonds. The minimum atomic E-state index is -3.53. The second kappa shape index (κ2) is 9.89. The van der Waals surface area contributed by atoms with Gasteiger partial charge in [0.05, 0.1) is 10.1 Å². The highest BCUT2D eigenvalue weighted by atomic mass is 32.2. The largest absolute Gasteiger partial charge is 0.347 e. The maximum absolute atomic E-state index is 14.7. The minimum absolute atomic E-state index is 0.00849. The first-order valence-electron chi connectivity index (χ1n) is 12.0. The number of nitrogens with zero attached hydrogens (tertiary/aromatic N) is 4. The highest BCUT2D eigenvalue weighted by Gasteiger charge is 2.38. The molecule has 2 aliphatic rings. The SMILES string of the molecule is CC(C)c1nsc(N2CCC(N3CC[C@H](Cc4ccc(S(=O)(=O)C(C)C)cc4F)C3=O)CC2)n1. The first-order chi connectivity index (χ1) is 16.1. The van der Waals surface area contributed by atoms with Crippen molar-refractivity contribution in [3.8, 4) is 0 Å². The van der Waals surface area contributed by atoms with Crippen LogP contribution in [0.2, 0.25) is 0 Å². The average Bonchev–Trinajstić information content (AvgIpc) is 3.43. The molecule has 2 aromatic rings. The van der Waals surface area contributed by atoms with Crippen molar-refractivity contribution in [3.05, 3.63) is 35.4 Å². The van der Waals surface area contributed by atoms with Crippen LogP contribution in [0.15, 0.2) is 23.1 Å². The summed E-state index contributed by atoms with van der Waals surface area (Å²) in [7, 11) is -3.53. The van der Waals surface area contributed by atoms with Crippen molar-refractivity contribution >= 4 is 32.4 Å². The van der Waals surface area contributed by atoms with E-state index in [9.17, 15) is 17.6 Å². The van der Waals surface area contributed by atoms with Gasteiger partial charge in [0.1, 0.15) is 11.6 Å². The lowest BCUT2D eigenvalue weighted by atomic mass is 9.97. The predicted molar refractivity (Wildman–Crippen MR) is 131 cm³/mol. The van der Waals surface area contributed by atoms with Crippen molar-refractivity contribution in [1.29, 1.82) is 0 Å². The summed E-state index contributed by atoms with van der Waals surface area (Å²) in [6.45, 7) is 9.69. The third-order valence-electron chi connectivity index (χ3n) is 6.91. The van der Waals surface area contributed by atoms with E-state index in [2.05, 4.69) is 28.1 Å². The van der Waals surface area contributed by atoms with Crippen molar-refractivity contribution in [2.24, 2.45) is 5.92 Å². The number of carbonyl (C=O) groups excluding carboxylic acids is 1. The Morgan fingerprint density at radius 1 is 1.12 bits per heavy atom. The lowest BCUT2D eigenvalue weighted by Gasteiger charge is -2.36. The maximum atomic E-state index is 14.7. The van der Waals surface area contributed by atoms with Crippen LogP contribution in [0.25, 0.3) is 0 Å². The molecule has 0 spiro atoms. The molecule has 3 heterocycles. The molecule has 10 heteroatoms. The summed E-state index contributed by atoms with van der Waals surface area (Å²) in [5, 5.41) is 0.337. The summed E-state index contributed by atoms with van der Waals surface area (Å²) in [4.78, 5) is 22.0. The normalized spacial score (nSPS) is 20.2. The third-order valence-corrected chi connectivity index (χ3v) is 9.86. The number of aromatic nitrogens is 2. The van der Waals surface area contributed by atoms with E-state index in [1.54, 1.807) is 13.8 Å². The number of likely N-dealkylation sites (tertiary alicyclic amines) is 1. The number of carbonyl (C=O) groups is 1. The number of amides is 1. The molecular formula is C24H33FN4O3S2. The highest BCUT2D eigenvalue weighted by Crippen LogP contribution is 2.31. The molecule has 1 aromatic heterocycles. The molecule has 7 nitrogen and oxygen atoms in total. The zero-order valence-corrected chi connectivity index (χ0v) is 21.8. The van der Waals surface area contributed by atoms with Crippen molar-refractivity contribution in [2.45, 2.75) is 75.5 Å². The maximum Gasteiger partial charge on any atom is 0.226 e. The van der Waals surface area contributed by atoms with Gasteiger partial charge in [-0.25, -0.2) is 17.8 Å². The molecule has 2 fully saturated rings. The van der Waals surface area contributed by atoms with Crippen LogP contribution in [0.1, 0.15) is 64.3 Å². The fraction of sp³-hybridized carbons (Fsp3) is 0.625. The van der Waals surface area contributed by atoms with Gasteiger partial charge >= 0.3 is 0 Å². The van der Waals surface area contributed by atoms with Crippen molar-refractivity contribution in [2.75, 3.05) is 24.5 Å². The first-order valence-corrected chi connectivity index (χ1v) is 14.3. The summed E-state index contributed by atoms with van der Waals surface area (Å²) in [5.41, 5.74) is 0.398. The molecule has 0 unspecified atom stereocenters. The van der Waals surface area contributed by atoms with E-state index in [1.807, 2.05) is 4.90 Å². The Hall–Kier alpha value is -2.07. The number of rotatable bonds is 7. The Bertz CT molecular complexity index is 1140. The molecule has 0 aliphatic carbocycles. The fourth-order valence-corrected chi connectivity index (χ4v) is 6.61. The average molecular weight is 509 g/mol. The van der Waals surface area contributed by atoms with Gasteiger partial charge in [-0.2, -0.15) is 4.37 Å². The predicted octanol–water partition coefficient (Wildman–Crippen LogP) is 4.04. The van der Waals surface area contributed by atoms with Crippen LogP contribution < -0.4 is 4.90 Å². The summed E-state index contributed by atoms with van der Waals surface area (Å²) >= 11 is 1.44. The Morgan fingerprint density at radius 3 is 2.41 bits per heavy atom. The fourth-order valence-electron chi connectivity index (χ4n) is 4.68. The lowest BCUT2D eigenvalue weighted by molar-refractivity contribution is -0.133. The summed E-state index contributed by atoms with van der Waals surface area (Å²) in [6, 6.07) is 4.26. The summed E-state index contributed by atoms with van der Waals surface area (Å²) in [6.07, 6.45) is 2.75. The van der Waals surface area contributed by atoms with Gasteiger partial charge in [-0.3, -0.25) is 4.79 Å². The number of sulfone groups is 1. The van der Waals surface area contributed by atoms with Crippen LogP contribution in [0.4, 0.5) is 9.52 Å². The Morgan fingerprint density at radius 2 is 1.82 bits per heavy atom. The van der Waals surface area contributed by atoms with Gasteiger partial charge < -0.3 is 9.80 Å². The number of hydrogen-bond donors (Lipinski definition) is 0. The third kappa shape index (κ3) is 4.98. The van der Waals surface area contributed by atoms with Crippen molar-refractivity contribution < 1.29 is 17.6 Å². The van der Waals surface area contributed by atoms with E-state index in [1.165, 1.54) is 23.7 Å². The number of benzene rings is 1. The van der Waals surface area contributed by atoms with Crippen LogP contribution in [0.5, 0.6) is 0 Å². The van der Waals surface area contributed by atoms with E-state index in [4.69, 9.17) is 0 Å². The number of halogens is 1. The van der Waals surface area contributed by atoms with E-state index >= 15 is 0 Å². The molecule has 4 rings (SSSR count). The number of hydrogen-bond acceptors (Lipinski definition) is 7. The molecule has 0 saturated carbocycles. The van der Waals surface area contributed by atoms with Gasteiger partial charge in [0.25, 0.3) is 0 Å². The standard InChI is InChI=1S/C24H33FN4O3S2/c1-15(2)22-26-24(33-27-22)28-10-8-19(9-11-28)29-12-7-18(23(29)30)13-17-5-6-20(14-21(17)25)34(31,32)16(3)4/h5-6,14-16,18-19H,7-13H2,1-4H3/t18-/m1/s1. The molecule has 1 atom stereocenters. The topological polar surface area (TPSA) is 83.5 Å². The molecule has 2 saturated heterocycles. The first kappa shape index (κ1) is 25.0. The molecule has 0 bridgehead atoms. The molecule has 1 aromatic carbocycles. The lowest BCUT2D eigenvalue weighted by Crippen LogP contribution is -2.46. The van der Waals surface area contributed by atoms with Crippen molar-refractivity contribution in [1.82, 2.24) is 14.3 Å². The van der Waals surface area contributed by atoms with Gasteiger partial charge in [0, 0.05) is 49.0 Å². The molecule has 34 heavy (non-hydrogen) atoms. The zero-order valence-electron chi connectivity index (χ0n) is 20.2. The molecule has 2 aliphatic heterocycles. The Balaban J connectivity index is 1.35. The van der Waals surface area contributed by atoms with Crippen LogP contribution in [0.3, 0.4) is 0 Å². The summed E-state index contributed by atoms with van der Waals surface area (Å²) in [5.74, 6) is 0.440. The zero-order chi connectivity index (χ0) is 24.6. The van der Waals surface area contributed by atoms with Gasteiger partial charge in [0.2, 0.25) is 11.0 Å². The Kier molecular flexibility index (Phi) is 7.28. The van der Waals surface area contributed by atoms with Gasteiger partial charge in [0.15, 0.2) is 9.84 Å². The number of anilines is 1. The van der Waals surface area contributed by atoms with E-state index in [-0.39, 0.29) is 22.8 Å². The van der Waals surface area contributed by atoms with Gasteiger partial charge in [-0.05, 0) is 57.2 Å². The van der Waals surface area contributed by atoms with E-state index < -0.39 is 20.9 Å². The Labute approximate surface area is 205 Å². The van der Waals surface area contributed by atoms with Crippen LogP contribution in [-0.4, -0.2) is 59.5 Å². The van der Waals surface area contributed by atoms with E-state index in [0.717, 1.165) is 43.0 Å². The second-order valence-electron chi connectivity index (χ2n) is 9.88. The second-order valence-corrected chi connectivity index (χ2v) is 13.1. The van der Waals surface area contributed by atoms with Gasteiger partial charge in [-0.1, -0.05) is 19.9 Å². The molecular weight excluding hydrogens is 475 g/mol. The molecule has 0 N–H and O–H groups in total. The van der Waals surface area contributed by atoms with Crippen LogP contribution >= 0.6 is 11.5 Å². The smallest absolute Gasteiger partial charge is 0.226 e. The van der Waals surface area contributed by atoms with E-state index in [0.29, 0.717) is 30.9 Å². The van der Waals surface area contributed by atoms with Gasteiger partial charge in [-0.15, -0.1) is 0 Å². The molecule has 186 valence electrons. The van der Waals surface area contributed by atoms with Crippen molar-refractivity contribution in [3.63, 3.8) is 0 Å². The van der Waals surface area contributed by atoms with Crippen LogP contribution in [0, 0.1) is 11.7 Å².